The second-order valence-electron chi connectivity index (χ2n) is 4.88. The normalized spacial score (nSPS) is 16.5. The lowest BCUT2D eigenvalue weighted by Gasteiger charge is -2.13. The predicted octanol–water partition coefficient (Wildman–Crippen LogP) is 2.98. The molecule has 17 heavy (non-hydrogen) atoms. The highest BCUT2D eigenvalue weighted by atomic mass is 19.1. The summed E-state index contributed by atoms with van der Waals surface area (Å²) in [5.41, 5.74) is 1.00. The van der Waals surface area contributed by atoms with E-state index in [2.05, 4.69) is 12.2 Å². The molecule has 1 fully saturated rings. The number of hydrogen-bond acceptors (Lipinski definition) is 2. The van der Waals surface area contributed by atoms with E-state index >= 15 is 0 Å². The minimum atomic E-state index is -0.296. The third-order valence-electron chi connectivity index (χ3n) is 3.21. The van der Waals surface area contributed by atoms with Crippen molar-refractivity contribution in [1.29, 1.82) is 5.26 Å². The second-order valence-corrected chi connectivity index (χ2v) is 4.88. The van der Waals surface area contributed by atoms with E-state index in [9.17, 15) is 4.39 Å². The summed E-state index contributed by atoms with van der Waals surface area (Å²) in [6.45, 7) is 2.67. The number of nitrogens with one attached hydrogen (secondary N) is 1. The smallest absolute Gasteiger partial charge is 0.129 e. The van der Waals surface area contributed by atoms with Gasteiger partial charge in [-0.1, -0.05) is 18.9 Å². The van der Waals surface area contributed by atoms with Crippen molar-refractivity contribution in [2.45, 2.75) is 38.8 Å². The average Bonchev–Trinajstić information content (AvgIpc) is 3.11. The first-order chi connectivity index (χ1) is 8.19. The van der Waals surface area contributed by atoms with Gasteiger partial charge in [-0.05, 0) is 31.4 Å². The number of nitriles is 1. The summed E-state index contributed by atoms with van der Waals surface area (Å²) in [6.07, 6.45) is 3.87. The number of halogens is 1. The van der Waals surface area contributed by atoms with Crippen molar-refractivity contribution in [2.75, 3.05) is 0 Å². The molecule has 1 N–H and O–H groups in total. The molecule has 0 heterocycles. The molecular weight excluding hydrogens is 215 g/mol. The molecule has 90 valence electrons. The maximum atomic E-state index is 13.6. The quantitative estimate of drug-likeness (QED) is 0.847. The molecule has 1 saturated carbocycles. The highest BCUT2D eigenvalue weighted by Gasteiger charge is 2.23. The van der Waals surface area contributed by atoms with Crippen molar-refractivity contribution in [3.05, 3.63) is 35.1 Å². The van der Waals surface area contributed by atoms with Gasteiger partial charge in [-0.15, -0.1) is 0 Å². The standard InChI is InChI=1S/C14H17FN2/c1-10(6-11-2-3-11)17-9-13-5-4-12(8-16)7-14(13)15/h4-5,7,10-11,17H,2-3,6,9H2,1H3. The molecule has 0 radical (unpaired) electrons. The van der Waals surface area contributed by atoms with Gasteiger partial charge in [-0.2, -0.15) is 5.26 Å². The monoisotopic (exact) mass is 232 g/mol. The highest BCUT2D eigenvalue weighted by molar-refractivity contribution is 5.32. The van der Waals surface area contributed by atoms with E-state index in [0.717, 1.165) is 5.92 Å². The second kappa shape index (κ2) is 5.29. The Morgan fingerprint density at radius 2 is 2.29 bits per heavy atom. The van der Waals surface area contributed by atoms with Gasteiger partial charge < -0.3 is 5.32 Å². The summed E-state index contributed by atoms with van der Waals surface area (Å²) in [7, 11) is 0. The minimum Gasteiger partial charge on any atom is -0.310 e. The average molecular weight is 232 g/mol. The van der Waals surface area contributed by atoms with Gasteiger partial charge in [0.2, 0.25) is 0 Å². The molecule has 2 rings (SSSR count). The molecule has 0 aliphatic heterocycles. The van der Waals surface area contributed by atoms with Crippen LogP contribution in [0.15, 0.2) is 18.2 Å². The molecule has 1 aliphatic rings. The lowest BCUT2D eigenvalue weighted by atomic mass is 10.1. The lowest BCUT2D eigenvalue weighted by Crippen LogP contribution is -2.26. The maximum Gasteiger partial charge on any atom is 0.129 e. The van der Waals surface area contributed by atoms with Crippen LogP contribution in [0.2, 0.25) is 0 Å². The number of rotatable bonds is 5. The first kappa shape index (κ1) is 12.1. The van der Waals surface area contributed by atoms with Gasteiger partial charge >= 0.3 is 0 Å². The molecule has 1 aliphatic carbocycles. The van der Waals surface area contributed by atoms with Crippen molar-refractivity contribution < 1.29 is 4.39 Å². The fraction of sp³-hybridized carbons (Fsp3) is 0.500. The minimum absolute atomic E-state index is 0.296. The van der Waals surface area contributed by atoms with E-state index < -0.39 is 0 Å². The maximum absolute atomic E-state index is 13.6. The van der Waals surface area contributed by atoms with Crippen molar-refractivity contribution in [1.82, 2.24) is 5.32 Å². The Balaban J connectivity index is 1.87. The van der Waals surface area contributed by atoms with Gasteiger partial charge in [-0.25, -0.2) is 4.39 Å². The van der Waals surface area contributed by atoms with Gasteiger partial charge in [0.25, 0.3) is 0 Å². The number of nitrogens with zero attached hydrogens (tertiary/aromatic N) is 1. The molecule has 2 nitrogen and oxygen atoms in total. The van der Waals surface area contributed by atoms with E-state index in [1.807, 2.05) is 6.07 Å². The van der Waals surface area contributed by atoms with Gasteiger partial charge in [-0.3, -0.25) is 0 Å². The lowest BCUT2D eigenvalue weighted by molar-refractivity contribution is 0.478. The Kier molecular flexibility index (Phi) is 3.75. The molecule has 0 aromatic heterocycles. The van der Waals surface area contributed by atoms with Crippen molar-refractivity contribution in [3.63, 3.8) is 0 Å². The zero-order chi connectivity index (χ0) is 12.3. The Labute approximate surface area is 101 Å². The highest BCUT2D eigenvalue weighted by Crippen LogP contribution is 2.33. The molecular formula is C14H17FN2. The van der Waals surface area contributed by atoms with Crippen LogP contribution in [0.4, 0.5) is 4.39 Å². The predicted molar refractivity (Wildman–Crippen MR) is 64.8 cm³/mol. The van der Waals surface area contributed by atoms with Gasteiger partial charge in [0.1, 0.15) is 5.82 Å². The fourth-order valence-electron chi connectivity index (χ4n) is 1.98. The SMILES string of the molecule is CC(CC1CC1)NCc1ccc(C#N)cc1F. The molecule has 1 unspecified atom stereocenters. The summed E-state index contributed by atoms with van der Waals surface area (Å²) in [6, 6.07) is 7.00. The molecule has 0 spiro atoms. The van der Waals surface area contributed by atoms with Crippen LogP contribution in [-0.4, -0.2) is 6.04 Å². The summed E-state index contributed by atoms with van der Waals surface area (Å²) >= 11 is 0. The number of benzene rings is 1. The van der Waals surface area contributed by atoms with Gasteiger partial charge in [0.15, 0.2) is 0 Å². The zero-order valence-electron chi connectivity index (χ0n) is 10.0. The van der Waals surface area contributed by atoms with Crippen molar-refractivity contribution in [3.8, 4) is 6.07 Å². The fourth-order valence-corrected chi connectivity index (χ4v) is 1.98. The van der Waals surface area contributed by atoms with Crippen LogP contribution in [0.25, 0.3) is 0 Å². The van der Waals surface area contributed by atoms with Gasteiger partial charge in [0.05, 0.1) is 11.6 Å². The molecule has 1 atom stereocenters. The third kappa shape index (κ3) is 3.54. The summed E-state index contributed by atoms with van der Waals surface area (Å²) in [5, 5.41) is 12.0. The van der Waals surface area contributed by atoms with Crippen LogP contribution in [0, 0.1) is 23.1 Å². The zero-order valence-corrected chi connectivity index (χ0v) is 10.0. The van der Waals surface area contributed by atoms with Crippen LogP contribution >= 0.6 is 0 Å². The molecule has 0 saturated heterocycles. The van der Waals surface area contributed by atoms with E-state index in [4.69, 9.17) is 5.26 Å². The molecule has 1 aromatic carbocycles. The molecule has 0 amide bonds. The Hall–Kier alpha value is -1.40. The molecule has 3 heteroatoms. The van der Waals surface area contributed by atoms with Crippen molar-refractivity contribution in [2.24, 2.45) is 5.92 Å². The molecule has 1 aromatic rings. The van der Waals surface area contributed by atoms with E-state index in [1.54, 1.807) is 12.1 Å². The van der Waals surface area contributed by atoms with E-state index in [0.29, 0.717) is 23.7 Å². The largest absolute Gasteiger partial charge is 0.310 e. The third-order valence-corrected chi connectivity index (χ3v) is 3.21. The summed E-state index contributed by atoms with van der Waals surface area (Å²) in [5.74, 6) is 0.582. The van der Waals surface area contributed by atoms with Gasteiger partial charge in [0, 0.05) is 18.2 Å². The topological polar surface area (TPSA) is 35.8 Å². The molecule has 0 bridgehead atoms. The van der Waals surface area contributed by atoms with E-state index in [1.165, 1.54) is 25.3 Å². The van der Waals surface area contributed by atoms with Crippen LogP contribution < -0.4 is 5.32 Å². The van der Waals surface area contributed by atoms with Crippen LogP contribution in [-0.2, 0) is 6.54 Å². The summed E-state index contributed by atoms with van der Waals surface area (Å²) < 4.78 is 13.6. The Morgan fingerprint density at radius 3 is 2.88 bits per heavy atom. The number of hydrogen-bond donors (Lipinski definition) is 1. The van der Waals surface area contributed by atoms with Crippen molar-refractivity contribution >= 4 is 0 Å². The van der Waals surface area contributed by atoms with Crippen LogP contribution in [0.3, 0.4) is 0 Å². The first-order valence-corrected chi connectivity index (χ1v) is 6.11. The summed E-state index contributed by atoms with van der Waals surface area (Å²) in [4.78, 5) is 0. The van der Waals surface area contributed by atoms with Crippen LogP contribution in [0.5, 0.6) is 0 Å². The Morgan fingerprint density at radius 1 is 1.53 bits per heavy atom. The van der Waals surface area contributed by atoms with Crippen LogP contribution in [0.1, 0.15) is 37.3 Å². The Bertz CT molecular complexity index is 432. The van der Waals surface area contributed by atoms with E-state index in [-0.39, 0.29) is 5.82 Å². The first-order valence-electron chi connectivity index (χ1n) is 6.11.